The van der Waals surface area contributed by atoms with Gasteiger partial charge in [-0.25, -0.2) is 4.68 Å². The molecule has 23 heavy (non-hydrogen) atoms. The molecule has 1 amide bonds. The van der Waals surface area contributed by atoms with Crippen molar-refractivity contribution in [2.75, 3.05) is 13.1 Å². The Bertz CT molecular complexity index is 625. The molecule has 1 aliphatic heterocycles. The topological polar surface area (TPSA) is 64.2 Å². The summed E-state index contributed by atoms with van der Waals surface area (Å²) in [7, 11) is 0. The van der Waals surface area contributed by atoms with Crippen molar-refractivity contribution >= 4 is 18.3 Å². The lowest BCUT2D eigenvalue weighted by atomic mass is 9.92. The predicted molar refractivity (Wildman–Crippen MR) is 93.1 cm³/mol. The summed E-state index contributed by atoms with van der Waals surface area (Å²) >= 11 is 0. The summed E-state index contributed by atoms with van der Waals surface area (Å²) in [5, 5.41) is 4.19. The molecule has 2 unspecified atom stereocenters. The number of nitrogens with zero attached hydrogens (tertiary/aromatic N) is 3. The molecule has 1 aromatic carbocycles. The van der Waals surface area contributed by atoms with E-state index in [9.17, 15) is 4.79 Å². The zero-order chi connectivity index (χ0) is 15.5. The highest BCUT2D eigenvalue weighted by atomic mass is 35.5. The minimum atomic E-state index is 0. The van der Waals surface area contributed by atoms with Crippen LogP contribution in [0, 0.1) is 5.92 Å². The Kier molecular flexibility index (Phi) is 5.80. The van der Waals surface area contributed by atoms with E-state index in [1.54, 1.807) is 10.9 Å². The molecule has 6 heteroatoms. The molecule has 0 saturated carbocycles. The van der Waals surface area contributed by atoms with Crippen molar-refractivity contribution in [2.45, 2.75) is 25.8 Å². The Morgan fingerprint density at radius 3 is 2.70 bits per heavy atom. The molecular formula is C17H23ClN4O. The first-order chi connectivity index (χ1) is 10.6. The van der Waals surface area contributed by atoms with Crippen LogP contribution in [-0.4, -0.2) is 39.7 Å². The van der Waals surface area contributed by atoms with E-state index in [-0.39, 0.29) is 24.4 Å². The SMILES string of the molecule is CC(N)C1CCCN(C(=O)c2ccc(-n3cccn3)cc2)C1.Cl. The molecule has 1 aliphatic rings. The number of benzene rings is 1. The fourth-order valence-electron chi connectivity index (χ4n) is 2.98. The van der Waals surface area contributed by atoms with Crippen molar-refractivity contribution in [2.24, 2.45) is 11.7 Å². The van der Waals surface area contributed by atoms with Crippen LogP contribution in [0.15, 0.2) is 42.7 Å². The smallest absolute Gasteiger partial charge is 0.253 e. The number of amides is 1. The van der Waals surface area contributed by atoms with Crippen LogP contribution in [-0.2, 0) is 0 Å². The molecule has 0 bridgehead atoms. The monoisotopic (exact) mass is 334 g/mol. The summed E-state index contributed by atoms with van der Waals surface area (Å²) in [5.41, 5.74) is 7.67. The predicted octanol–water partition coefficient (Wildman–Crippen LogP) is 2.49. The maximum Gasteiger partial charge on any atom is 0.253 e. The summed E-state index contributed by atoms with van der Waals surface area (Å²) < 4.78 is 1.78. The normalized spacial score (nSPS) is 19.0. The number of rotatable bonds is 3. The van der Waals surface area contributed by atoms with Crippen LogP contribution in [0.3, 0.4) is 0 Å². The van der Waals surface area contributed by atoms with Crippen LogP contribution in [0.25, 0.3) is 5.69 Å². The van der Waals surface area contributed by atoms with E-state index in [4.69, 9.17) is 5.73 Å². The highest BCUT2D eigenvalue weighted by Gasteiger charge is 2.26. The summed E-state index contributed by atoms with van der Waals surface area (Å²) in [6.45, 7) is 3.61. The number of likely N-dealkylation sites (tertiary alicyclic amines) is 1. The van der Waals surface area contributed by atoms with Crippen LogP contribution in [0.2, 0.25) is 0 Å². The van der Waals surface area contributed by atoms with Crippen LogP contribution in [0.1, 0.15) is 30.1 Å². The van der Waals surface area contributed by atoms with Gasteiger partial charge >= 0.3 is 0 Å². The van der Waals surface area contributed by atoms with Crippen LogP contribution >= 0.6 is 12.4 Å². The van der Waals surface area contributed by atoms with Crippen LogP contribution in [0.4, 0.5) is 0 Å². The third-order valence-corrected chi connectivity index (χ3v) is 4.37. The molecule has 0 spiro atoms. The van der Waals surface area contributed by atoms with Gasteiger partial charge in [-0.05, 0) is 56.0 Å². The number of carbonyl (C=O) groups excluding carboxylic acids is 1. The van der Waals surface area contributed by atoms with Crippen molar-refractivity contribution in [1.29, 1.82) is 0 Å². The van der Waals surface area contributed by atoms with Crippen LogP contribution < -0.4 is 5.73 Å². The number of nitrogens with two attached hydrogens (primary N) is 1. The van der Waals surface area contributed by atoms with Gasteiger partial charge < -0.3 is 10.6 Å². The molecule has 2 atom stereocenters. The molecule has 1 saturated heterocycles. The second kappa shape index (κ2) is 7.62. The van der Waals surface area contributed by atoms with E-state index in [0.29, 0.717) is 5.92 Å². The second-order valence-electron chi connectivity index (χ2n) is 6.01. The number of aromatic nitrogens is 2. The van der Waals surface area contributed by atoms with Gasteiger partial charge in [0.25, 0.3) is 5.91 Å². The Hall–Kier alpha value is -1.85. The Labute approximate surface area is 142 Å². The lowest BCUT2D eigenvalue weighted by Gasteiger charge is -2.34. The van der Waals surface area contributed by atoms with Gasteiger partial charge in [0.15, 0.2) is 0 Å². The fraction of sp³-hybridized carbons (Fsp3) is 0.412. The van der Waals surface area contributed by atoms with Crippen molar-refractivity contribution in [3.8, 4) is 5.69 Å². The molecule has 124 valence electrons. The molecule has 5 nitrogen and oxygen atoms in total. The number of hydrogen-bond acceptors (Lipinski definition) is 3. The molecule has 1 fully saturated rings. The maximum atomic E-state index is 12.6. The van der Waals surface area contributed by atoms with Crippen molar-refractivity contribution in [1.82, 2.24) is 14.7 Å². The third kappa shape index (κ3) is 3.92. The van der Waals surface area contributed by atoms with Crippen molar-refractivity contribution in [3.05, 3.63) is 48.3 Å². The Morgan fingerprint density at radius 1 is 1.35 bits per heavy atom. The lowest BCUT2D eigenvalue weighted by molar-refractivity contribution is 0.0661. The largest absolute Gasteiger partial charge is 0.338 e. The minimum absolute atomic E-state index is 0. The van der Waals surface area contributed by atoms with E-state index in [1.807, 2.05) is 48.4 Å². The van der Waals surface area contributed by atoms with E-state index in [1.165, 1.54) is 0 Å². The highest BCUT2D eigenvalue weighted by Crippen LogP contribution is 2.21. The average Bonchev–Trinajstić information content (AvgIpc) is 3.09. The van der Waals surface area contributed by atoms with Crippen LogP contribution in [0.5, 0.6) is 0 Å². The molecule has 2 aromatic rings. The zero-order valence-corrected chi connectivity index (χ0v) is 14.1. The molecule has 3 rings (SSSR count). The van der Waals surface area contributed by atoms with Gasteiger partial charge in [0, 0.05) is 37.1 Å². The second-order valence-corrected chi connectivity index (χ2v) is 6.01. The van der Waals surface area contributed by atoms with Gasteiger partial charge in [0.05, 0.1) is 5.69 Å². The first-order valence-electron chi connectivity index (χ1n) is 7.80. The molecular weight excluding hydrogens is 312 g/mol. The fourth-order valence-corrected chi connectivity index (χ4v) is 2.98. The summed E-state index contributed by atoms with van der Waals surface area (Å²) in [6.07, 6.45) is 5.76. The summed E-state index contributed by atoms with van der Waals surface area (Å²) in [5.74, 6) is 0.499. The Balaban J connectivity index is 0.00000192. The van der Waals surface area contributed by atoms with E-state index in [0.717, 1.165) is 37.2 Å². The highest BCUT2D eigenvalue weighted by molar-refractivity contribution is 5.94. The minimum Gasteiger partial charge on any atom is -0.338 e. The third-order valence-electron chi connectivity index (χ3n) is 4.37. The standard InChI is InChI=1S/C17H22N4O.ClH/c1-13(18)15-4-2-10-20(12-15)17(22)14-5-7-16(8-6-14)21-11-3-9-19-21;/h3,5-9,11,13,15H,2,4,10,12,18H2,1H3;1H. The first-order valence-corrected chi connectivity index (χ1v) is 7.80. The quantitative estimate of drug-likeness (QED) is 0.938. The van der Waals surface area contributed by atoms with E-state index >= 15 is 0 Å². The maximum absolute atomic E-state index is 12.6. The molecule has 2 heterocycles. The van der Waals surface area contributed by atoms with Crippen molar-refractivity contribution < 1.29 is 4.79 Å². The number of carbonyl (C=O) groups is 1. The number of hydrogen-bond donors (Lipinski definition) is 1. The number of halogens is 1. The van der Waals surface area contributed by atoms with Gasteiger partial charge in [-0.15, -0.1) is 12.4 Å². The Morgan fingerprint density at radius 2 is 2.09 bits per heavy atom. The lowest BCUT2D eigenvalue weighted by Crippen LogP contribution is -2.45. The van der Waals surface area contributed by atoms with Gasteiger partial charge in [-0.1, -0.05) is 0 Å². The van der Waals surface area contributed by atoms with Crippen molar-refractivity contribution in [3.63, 3.8) is 0 Å². The van der Waals surface area contributed by atoms with Gasteiger partial charge in [0.1, 0.15) is 0 Å². The van der Waals surface area contributed by atoms with Gasteiger partial charge in [0.2, 0.25) is 0 Å². The average molecular weight is 335 g/mol. The zero-order valence-electron chi connectivity index (χ0n) is 13.3. The van der Waals surface area contributed by atoms with Gasteiger partial charge in [-0.3, -0.25) is 4.79 Å². The summed E-state index contributed by atoms with van der Waals surface area (Å²) in [6, 6.07) is 9.60. The summed E-state index contributed by atoms with van der Waals surface area (Å²) in [4.78, 5) is 14.6. The number of piperidine rings is 1. The van der Waals surface area contributed by atoms with E-state index < -0.39 is 0 Å². The first kappa shape index (κ1) is 17.5. The molecule has 1 aromatic heterocycles. The molecule has 0 aliphatic carbocycles. The molecule has 2 N–H and O–H groups in total. The van der Waals surface area contributed by atoms with Gasteiger partial charge in [-0.2, -0.15) is 5.10 Å². The molecule has 0 radical (unpaired) electrons. The van der Waals surface area contributed by atoms with E-state index in [2.05, 4.69) is 5.10 Å².